The van der Waals surface area contributed by atoms with Gasteiger partial charge in [-0.15, -0.1) is 0 Å². The van der Waals surface area contributed by atoms with Crippen molar-refractivity contribution in [3.63, 3.8) is 0 Å². The van der Waals surface area contributed by atoms with Crippen molar-refractivity contribution < 1.29 is 9.21 Å². The molecule has 0 fully saturated rings. The van der Waals surface area contributed by atoms with Crippen molar-refractivity contribution in [1.29, 1.82) is 0 Å². The van der Waals surface area contributed by atoms with Crippen molar-refractivity contribution in [2.45, 2.75) is 40.2 Å². The van der Waals surface area contributed by atoms with Gasteiger partial charge in [0.15, 0.2) is 5.76 Å². The number of hydrogen-bond acceptors (Lipinski definition) is 3. The number of carbonyl (C=O) groups excluding carboxylic acids is 1. The van der Waals surface area contributed by atoms with Gasteiger partial charge in [-0.25, -0.2) is 0 Å². The van der Waals surface area contributed by atoms with Crippen molar-refractivity contribution in [2.24, 2.45) is 0 Å². The van der Waals surface area contributed by atoms with E-state index in [1.165, 1.54) is 5.56 Å². The normalized spacial score (nSPS) is 12.6. The minimum atomic E-state index is -0.292. The quantitative estimate of drug-likeness (QED) is 0.722. The van der Waals surface area contributed by atoms with Gasteiger partial charge in [0.1, 0.15) is 5.76 Å². The average molecular weight is 370 g/mol. The second kappa shape index (κ2) is 6.32. The molecule has 1 aliphatic rings. The Bertz CT molecular complexity index is 1020. The van der Waals surface area contributed by atoms with E-state index in [1.807, 2.05) is 30.7 Å². The molecule has 2 heterocycles. The van der Waals surface area contributed by atoms with Crippen LogP contribution in [0.3, 0.4) is 0 Å². The molecule has 3 aromatic rings. The van der Waals surface area contributed by atoms with Gasteiger partial charge in [-0.05, 0) is 50.5 Å². The molecule has 0 unspecified atom stereocenters. The van der Waals surface area contributed by atoms with E-state index in [0.29, 0.717) is 16.5 Å². The van der Waals surface area contributed by atoms with Gasteiger partial charge in [0.2, 0.25) is 0 Å². The van der Waals surface area contributed by atoms with Crippen LogP contribution in [0.2, 0.25) is 5.02 Å². The summed E-state index contributed by atoms with van der Waals surface area (Å²) in [6, 6.07) is 5.53. The molecule has 0 aliphatic heterocycles. The molecule has 5 nitrogen and oxygen atoms in total. The molecule has 0 radical (unpaired) electrons. The lowest BCUT2D eigenvalue weighted by molar-refractivity contribution is 0.0994. The molecule has 1 aromatic carbocycles. The molecule has 0 spiro atoms. The van der Waals surface area contributed by atoms with Crippen LogP contribution in [-0.2, 0) is 19.4 Å². The fourth-order valence-corrected chi connectivity index (χ4v) is 3.72. The van der Waals surface area contributed by atoms with Crippen LogP contribution in [0.4, 0.5) is 5.69 Å². The van der Waals surface area contributed by atoms with Gasteiger partial charge in [-0.1, -0.05) is 17.7 Å². The summed E-state index contributed by atoms with van der Waals surface area (Å²) in [5.74, 6) is 0.862. The predicted molar refractivity (Wildman–Crippen MR) is 102 cm³/mol. The molecule has 0 saturated carbocycles. The number of nitrogens with one attached hydrogen (secondary N) is 1. The van der Waals surface area contributed by atoms with Crippen molar-refractivity contribution in [2.75, 3.05) is 5.32 Å². The Morgan fingerprint density at radius 2 is 2.15 bits per heavy atom. The van der Waals surface area contributed by atoms with Gasteiger partial charge in [-0.3, -0.25) is 9.48 Å². The van der Waals surface area contributed by atoms with Crippen LogP contribution >= 0.6 is 11.6 Å². The third-order valence-corrected chi connectivity index (χ3v) is 5.13. The fraction of sp³-hybridized carbons (Fsp3) is 0.300. The van der Waals surface area contributed by atoms with Crippen LogP contribution in [0.15, 0.2) is 28.8 Å². The van der Waals surface area contributed by atoms with Crippen molar-refractivity contribution in [1.82, 2.24) is 9.78 Å². The number of aryl methyl sites for hydroxylation is 4. The number of carbonyl (C=O) groups is 1. The van der Waals surface area contributed by atoms with Crippen LogP contribution in [0.5, 0.6) is 0 Å². The predicted octanol–water partition coefficient (Wildman–Crippen LogP) is 4.78. The van der Waals surface area contributed by atoms with Crippen molar-refractivity contribution >= 4 is 23.2 Å². The topological polar surface area (TPSA) is 60.1 Å². The second-order valence-corrected chi connectivity index (χ2v) is 7.06. The van der Waals surface area contributed by atoms with Crippen molar-refractivity contribution in [3.8, 4) is 11.3 Å². The van der Waals surface area contributed by atoms with Crippen molar-refractivity contribution in [3.05, 3.63) is 57.6 Å². The first-order valence-corrected chi connectivity index (χ1v) is 9.12. The van der Waals surface area contributed by atoms with Gasteiger partial charge in [0, 0.05) is 30.3 Å². The number of rotatable bonds is 3. The highest BCUT2D eigenvalue weighted by molar-refractivity contribution is 6.34. The minimum absolute atomic E-state index is 0.292. The summed E-state index contributed by atoms with van der Waals surface area (Å²) in [6.45, 7) is 6.74. The fourth-order valence-electron chi connectivity index (χ4n) is 3.44. The third kappa shape index (κ3) is 2.72. The first-order valence-electron chi connectivity index (χ1n) is 8.74. The standard InChI is InChI=1S/C20H20ClN3O2/c1-4-24-10-13-6-8-16-17(18(13)23-24)12(3)19(26-16)20(25)22-15-7-5-11(2)9-14(15)21/h5,7,9-10H,4,6,8H2,1-3H3,(H,22,25). The maximum absolute atomic E-state index is 12.8. The van der Waals surface area contributed by atoms with Gasteiger partial charge >= 0.3 is 0 Å². The third-order valence-electron chi connectivity index (χ3n) is 4.82. The molecular weight excluding hydrogens is 350 g/mol. The van der Waals surface area contributed by atoms with Crippen LogP contribution < -0.4 is 5.32 Å². The smallest absolute Gasteiger partial charge is 0.291 e. The number of aromatic nitrogens is 2. The lowest BCUT2D eigenvalue weighted by atomic mass is 9.93. The number of fused-ring (bicyclic) bond motifs is 3. The van der Waals surface area contributed by atoms with Crippen LogP contribution in [0.1, 0.15) is 39.9 Å². The van der Waals surface area contributed by atoms with E-state index in [-0.39, 0.29) is 5.91 Å². The zero-order valence-corrected chi connectivity index (χ0v) is 15.8. The zero-order valence-electron chi connectivity index (χ0n) is 15.0. The maximum Gasteiger partial charge on any atom is 0.291 e. The van der Waals surface area contributed by atoms with Gasteiger partial charge in [0.05, 0.1) is 16.4 Å². The van der Waals surface area contributed by atoms with Crippen LogP contribution in [0.25, 0.3) is 11.3 Å². The summed E-state index contributed by atoms with van der Waals surface area (Å²) in [5, 5.41) is 8.02. The molecule has 1 amide bonds. The number of amides is 1. The summed E-state index contributed by atoms with van der Waals surface area (Å²) < 4.78 is 7.86. The zero-order chi connectivity index (χ0) is 18.4. The molecule has 0 atom stereocenters. The molecular formula is C20H20ClN3O2. The number of nitrogens with zero attached hydrogens (tertiary/aromatic N) is 2. The van der Waals surface area contributed by atoms with Gasteiger partial charge in [0.25, 0.3) is 5.91 Å². The molecule has 1 N–H and O–H groups in total. The molecule has 0 saturated heterocycles. The summed E-state index contributed by atoms with van der Waals surface area (Å²) in [4.78, 5) is 12.8. The number of halogens is 1. The maximum atomic E-state index is 12.8. The van der Waals surface area contributed by atoms with E-state index in [2.05, 4.69) is 23.5 Å². The van der Waals surface area contributed by atoms with E-state index in [9.17, 15) is 4.79 Å². The molecule has 134 valence electrons. The average Bonchev–Trinajstić information content (AvgIpc) is 3.18. The summed E-state index contributed by atoms with van der Waals surface area (Å²) in [6.07, 6.45) is 3.73. The monoisotopic (exact) mass is 369 g/mol. The van der Waals surface area contributed by atoms with Crippen LogP contribution in [0, 0.1) is 13.8 Å². The largest absolute Gasteiger partial charge is 0.455 e. The first-order chi connectivity index (χ1) is 12.5. The van der Waals surface area contributed by atoms with Gasteiger partial charge < -0.3 is 9.73 Å². The Morgan fingerprint density at radius 3 is 2.88 bits per heavy atom. The van der Waals surface area contributed by atoms with E-state index in [1.54, 1.807) is 6.07 Å². The minimum Gasteiger partial charge on any atom is -0.455 e. The van der Waals surface area contributed by atoms with E-state index in [0.717, 1.165) is 47.5 Å². The Balaban J connectivity index is 1.70. The Morgan fingerprint density at radius 1 is 1.35 bits per heavy atom. The number of hydrogen-bond donors (Lipinski definition) is 1. The lowest BCUT2D eigenvalue weighted by Crippen LogP contribution is -2.12. The Hall–Kier alpha value is -2.53. The van der Waals surface area contributed by atoms with Crippen LogP contribution in [-0.4, -0.2) is 15.7 Å². The molecule has 2 aromatic heterocycles. The molecule has 6 heteroatoms. The highest BCUT2D eigenvalue weighted by atomic mass is 35.5. The molecule has 26 heavy (non-hydrogen) atoms. The Kier molecular flexibility index (Phi) is 4.11. The second-order valence-electron chi connectivity index (χ2n) is 6.65. The lowest BCUT2D eigenvalue weighted by Gasteiger charge is -2.09. The van der Waals surface area contributed by atoms with Gasteiger partial charge in [-0.2, -0.15) is 5.10 Å². The summed E-state index contributed by atoms with van der Waals surface area (Å²) >= 11 is 6.23. The SMILES string of the molecule is CCn1cc2c(n1)-c1c(oc(C(=O)Nc3ccc(C)cc3Cl)c1C)CC2. The number of anilines is 1. The summed E-state index contributed by atoms with van der Waals surface area (Å²) in [5.41, 5.74) is 5.53. The van der Waals surface area contributed by atoms with E-state index < -0.39 is 0 Å². The molecule has 1 aliphatic carbocycles. The Labute approximate surface area is 157 Å². The number of furan rings is 1. The summed E-state index contributed by atoms with van der Waals surface area (Å²) in [7, 11) is 0. The first kappa shape index (κ1) is 16.9. The molecule has 4 rings (SSSR count). The highest BCUT2D eigenvalue weighted by Crippen LogP contribution is 2.38. The number of benzene rings is 1. The highest BCUT2D eigenvalue weighted by Gasteiger charge is 2.29. The van der Waals surface area contributed by atoms with E-state index in [4.69, 9.17) is 16.0 Å². The van der Waals surface area contributed by atoms with E-state index >= 15 is 0 Å². The molecule has 0 bridgehead atoms.